The summed E-state index contributed by atoms with van der Waals surface area (Å²) in [5.74, 6) is -1.06. The fourth-order valence-corrected chi connectivity index (χ4v) is 3.98. The number of anilines is 1. The van der Waals surface area contributed by atoms with Crippen molar-refractivity contribution in [3.05, 3.63) is 82.3 Å². The molecule has 5 rings (SSSR count). The third-order valence-corrected chi connectivity index (χ3v) is 5.55. The predicted octanol–water partition coefficient (Wildman–Crippen LogP) is 3.55. The maximum Gasteiger partial charge on any atom is 0.277 e. The Labute approximate surface area is 173 Å². The van der Waals surface area contributed by atoms with Crippen molar-refractivity contribution in [3.8, 4) is 10.6 Å². The van der Waals surface area contributed by atoms with Crippen LogP contribution in [-0.2, 0) is 11.3 Å². The third kappa shape index (κ3) is 3.05. The first kappa shape index (κ1) is 18.2. The second kappa shape index (κ2) is 7.20. The normalized spacial score (nSPS) is 11.2. The molecule has 9 heteroatoms. The van der Waals surface area contributed by atoms with E-state index >= 15 is 0 Å². The maximum absolute atomic E-state index is 13.9. The molecule has 1 aromatic carbocycles. The molecule has 1 N–H and O–H groups in total. The first-order valence-corrected chi connectivity index (χ1v) is 9.95. The monoisotopic (exact) mass is 419 g/mol. The number of nitrogens with zero attached hydrogens (tertiary/aromatic N) is 4. The molecule has 1 amide bonds. The molecule has 4 heterocycles. The molecule has 5 aromatic rings. The molecule has 0 atom stereocenters. The summed E-state index contributed by atoms with van der Waals surface area (Å²) in [5.41, 5.74) is 1.55. The van der Waals surface area contributed by atoms with Gasteiger partial charge in [0.25, 0.3) is 5.56 Å². The third-order valence-electron chi connectivity index (χ3n) is 4.65. The van der Waals surface area contributed by atoms with Gasteiger partial charge < -0.3 is 5.32 Å². The van der Waals surface area contributed by atoms with Crippen LogP contribution in [0.25, 0.3) is 27.3 Å². The van der Waals surface area contributed by atoms with Gasteiger partial charge in [0.05, 0.1) is 16.1 Å². The van der Waals surface area contributed by atoms with Crippen LogP contribution in [0.15, 0.2) is 71.0 Å². The van der Waals surface area contributed by atoms with Crippen LogP contribution in [0.2, 0.25) is 0 Å². The summed E-state index contributed by atoms with van der Waals surface area (Å²) in [4.78, 5) is 31.1. The fourth-order valence-electron chi connectivity index (χ4n) is 3.30. The number of nitrogens with one attached hydrogen (secondary N) is 1. The first-order valence-electron chi connectivity index (χ1n) is 9.07. The van der Waals surface area contributed by atoms with Gasteiger partial charge in [-0.25, -0.2) is 13.9 Å². The highest BCUT2D eigenvalue weighted by Crippen LogP contribution is 2.25. The molecule has 30 heavy (non-hydrogen) atoms. The minimum atomic E-state index is -0.545. The van der Waals surface area contributed by atoms with E-state index in [2.05, 4.69) is 15.4 Å². The molecule has 7 nitrogen and oxygen atoms in total. The summed E-state index contributed by atoms with van der Waals surface area (Å²) in [7, 11) is 0. The number of carbonyl (C=O) groups excluding carboxylic acids is 1. The van der Waals surface area contributed by atoms with Gasteiger partial charge in [0, 0.05) is 6.20 Å². The number of pyridine rings is 1. The number of fused-ring (bicyclic) bond motifs is 3. The highest BCUT2D eigenvalue weighted by molar-refractivity contribution is 7.13. The number of aromatic nitrogens is 4. The Hall–Kier alpha value is -3.85. The van der Waals surface area contributed by atoms with Crippen molar-refractivity contribution in [2.45, 2.75) is 6.54 Å². The quantitative estimate of drug-likeness (QED) is 0.483. The lowest BCUT2D eigenvalue weighted by Gasteiger charge is -2.11. The number of thiophene rings is 1. The number of para-hydroxylation sites is 1. The van der Waals surface area contributed by atoms with Gasteiger partial charge >= 0.3 is 0 Å². The average Bonchev–Trinajstić information content (AvgIpc) is 3.43. The number of hydrogen-bond acceptors (Lipinski definition) is 5. The molecule has 0 bridgehead atoms. The van der Waals surface area contributed by atoms with E-state index in [0.29, 0.717) is 22.4 Å². The number of carbonyl (C=O) groups is 1. The van der Waals surface area contributed by atoms with Gasteiger partial charge in [-0.05, 0) is 41.8 Å². The van der Waals surface area contributed by atoms with E-state index in [1.807, 2.05) is 17.5 Å². The molecule has 0 aliphatic rings. The molecule has 0 aliphatic heterocycles. The van der Waals surface area contributed by atoms with Gasteiger partial charge in [-0.3, -0.25) is 14.2 Å². The van der Waals surface area contributed by atoms with Crippen LogP contribution in [0.3, 0.4) is 0 Å². The molecule has 0 saturated heterocycles. The topological polar surface area (TPSA) is 81.3 Å². The van der Waals surface area contributed by atoms with Crippen molar-refractivity contribution in [1.29, 1.82) is 0 Å². The van der Waals surface area contributed by atoms with E-state index < -0.39 is 11.7 Å². The fraction of sp³-hybridized carbons (Fsp3) is 0.0476. The Kier molecular flexibility index (Phi) is 4.36. The second-order valence-electron chi connectivity index (χ2n) is 6.57. The van der Waals surface area contributed by atoms with Crippen molar-refractivity contribution >= 4 is 39.6 Å². The molecule has 0 saturated carbocycles. The molecule has 0 unspecified atom stereocenters. The summed E-state index contributed by atoms with van der Waals surface area (Å²) < 4.78 is 16.7. The summed E-state index contributed by atoms with van der Waals surface area (Å²) in [6.07, 6.45) is 1.60. The van der Waals surface area contributed by atoms with Crippen LogP contribution in [0.1, 0.15) is 0 Å². The number of halogens is 1. The van der Waals surface area contributed by atoms with Crippen molar-refractivity contribution in [2.75, 3.05) is 5.32 Å². The Bertz CT molecular complexity index is 1460. The predicted molar refractivity (Wildman–Crippen MR) is 113 cm³/mol. The SMILES string of the molecule is O=C(Cn1c(=O)c2cc(-c3cccs3)nn2c2ncccc21)Nc1ccccc1F. The minimum Gasteiger partial charge on any atom is -0.322 e. The molecular formula is C21H14FN5O2S. The molecule has 4 aromatic heterocycles. The highest BCUT2D eigenvalue weighted by atomic mass is 32.1. The second-order valence-corrected chi connectivity index (χ2v) is 7.52. The zero-order valence-corrected chi connectivity index (χ0v) is 16.3. The van der Waals surface area contributed by atoms with Gasteiger partial charge in [-0.1, -0.05) is 18.2 Å². The maximum atomic E-state index is 13.9. The van der Waals surface area contributed by atoms with Crippen LogP contribution in [0, 0.1) is 5.82 Å². The van der Waals surface area contributed by atoms with E-state index in [0.717, 1.165) is 4.88 Å². The van der Waals surface area contributed by atoms with Crippen LogP contribution < -0.4 is 10.9 Å². The zero-order valence-electron chi connectivity index (χ0n) is 15.4. The lowest BCUT2D eigenvalue weighted by molar-refractivity contribution is -0.116. The lowest BCUT2D eigenvalue weighted by Crippen LogP contribution is -2.29. The summed E-state index contributed by atoms with van der Waals surface area (Å²) in [5, 5.41) is 8.99. The molecule has 0 fully saturated rings. The Morgan fingerprint density at radius 1 is 1.10 bits per heavy atom. The van der Waals surface area contributed by atoms with Crippen LogP contribution >= 0.6 is 11.3 Å². The average molecular weight is 419 g/mol. The smallest absolute Gasteiger partial charge is 0.277 e. The molecule has 0 spiro atoms. The van der Waals surface area contributed by atoms with Crippen molar-refractivity contribution in [3.63, 3.8) is 0 Å². The Morgan fingerprint density at radius 2 is 1.97 bits per heavy atom. The van der Waals surface area contributed by atoms with Crippen LogP contribution in [0.4, 0.5) is 10.1 Å². The Balaban J connectivity index is 1.62. The van der Waals surface area contributed by atoms with E-state index in [-0.39, 0.29) is 17.8 Å². The summed E-state index contributed by atoms with van der Waals surface area (Å²) >= 11 is 1.52. The minimum absolute atomic E-state index is 0.0587. The van der Waals surface area contributed by atoms with Gasteiger partial charge in [-0.2, -0.15) is 5.10 Å². The lowest BCUT2D eigenvalue weighted by atomic mass is 10.3. The van der Waals surface area contributed by atoms with E-state index in [1.54, 1.807) is 30.5 Å². The van der Waals surface area contributed by atoms with Crippen molar-refractivity contribution in [2.24, 2.45) is 0 Å². The number of hydrogen-bond donors (Lipinski definition) is 1. The van der Waals surface area contributed by atoms with E-state index in [9.17, 15) is 14.0 Å². The van der Waals surface area contributed by atoms with Crippen molar-refractivity contribution in [1.82, 2.24) is 19.2 Å². The number of amides is 1. The largest absolute Gasteiger partial charge is 0.322 e. The van der Waals surface area contributed by atoms with Crippen LogP contribution in [0.5, 0.6) is 0 Å². The number of benzene rings is 1. The van der Waals surface area contributed by atoms with Crippen molar-refractivity contribution < 1.29 is 9.18 Å². The van der Waals surface area contributed by atoms with Gasteiger partial charge in [-0.15, -0.1) is 11.3 Å². The van der Waals surface area contributed by atoms with Gasteiger partial charge in [0.1, 0.15) is 23.6 Å². The molecule has 0 aliphatic carbocycles. The van der Waals surface area contributed by atoms with E-state index in [4.69, 9.17) is 0 Å². The molecular weight excluding hydrogens is 405 g/mol. The molecule has 148 valence electrons. The molecule has 0 radical (unpaired) electrons. The van der Waals surface area contributed by atoms with E-state index in [1.165, 1.54) is 38.6 Å². The summed E-state index contributed by atoms with van der Waals surface area (Å²) in [6, 6.07) is 14.8. The van der Waals surface area contributed by atoms with Crippen LogP contribution in [-0.4, -0.2) is 25.1 Å². The summed E-state index contributed by atoms with van der Waals surface area (Å²) in [6.45, 7) is -0.286. The Morgan fingerprint density at radius 3 is 2.77 bits per heavy atom. The number of rotatable bonds is 4. The first-order chi connectivity index (χ1) is 14.6. The zero-order chi connectivity index (χ0) is 20.7. The standard InChI is InChI=1S/C21H14FN5O2S/c22-13-5-1-2-6-14(13)24-19(28)12-26-16-7-3-9-23-20(16)27-17(21(26)29)11-15(25-27)18-8-4-10-30-18/h1-11H,12H2,(H,24,28). The van der Waals surface area contributed by atoms with Gasteiger partial charge in [0.15, 0.2) is 5.65 Å². The highest BCUT2D eigenvalue weighted by Gasteiger charge is 2.18. The van der Waals surface area contributed by atoms with Gasteiger partial charge in [0.2, 0.25) is 5.91 Å².